The molecule has 5 rings (SSSR count). The minimum Gasteiger partial charge on any atom is -0.395 e. The van der Waals surface area contributed by atoms with Gasteiger partial charge >= 0.3 is 0 Å². The molecule has 0 unspecified atom stereocenters. The van der Waals surface area contributed by atoms with Crippen molar-refractivity contribution in [1.82, 2.24) is 30.0 Å². The minimum absolute atomic E-state index is 0.0126. The molecule has 0 spiro atoms. The normalized spacial score (nSPS) is 15.9. The molecular weight excluding hydrogens is 524 g/mol. The molecule has 3 aromatic heterocycles. The van der Waals surface area contributed by atoms with Crippen LogP contribution in [0.5, 0.6) is 0 Å². The first-order valence-electron chi connectivity index (χ1n) is 13.0. The number of thiazole rings is 1. The van der Waals surface area contributed by atoms with Gasteiger partial charge in [0.05, 0.1) is 46.6 Å². The van der Waals surface area contributed by atoms with Crippen LogP contribution in [0.2, 0.25) is 0 Å². The maximum Gasteiger partial charge on any atom is 0.222 e. The van der Waals surface area contributed by atoms with E-state index in [1.54, 1.807) is 11.3 Å². The fourth-order valence-electron chi connectivity index (χ4n) is 4.90. The number of rotatable bonds is 11. The Balaban J connectivity index is 1.37. The zero-order chi connectivity index (χ0) is 26.7. The predicted octanol–water partition coefficient (Wildman–Crippen LogP) is 2.33. The maximum absolute atomic E-state index is 11.7. The van der Waals surface area contributed by atoms with Gasteiger partial charge in [-0.15, -0.1) is 11.3 Å². The highest BCUT2D eigenvalue weighted by molar-refractivity contribution is 7.91. The van der Waals surface area contributed by atoms with E-state index in [0.29, 0.717) is 49.3 Å². The molecule has 38 heavy (non-hydrogen) atoms. The van der Waals surface area contributed by atoms with Gasteiger partial charge in [-0.1, -0.05) is 25.5 Å². The first kappa shape index (κ1) is 26.7. The van der Waals surface area contributed by atoms with Crippen molar-refractivity contribution in [3.63, 3.8) is 0 Å². The van der Waals surface area contributed by atoms with Gasteiger partial charge in [0.1, 0.15) is 15.4 Å². The van der Waals surface area contributed by atoms with E-state index in [2.05, 4.69) is 39.3 Å². The third-order valence-electron chi connectivity index (χ3n) is 6.98. The molecule has 1 aromatic carbocycles. The fourth-order valence-corrected chi connectivity index (χ4v) is 7.25. The Kier molecular flexibility index (Phi) is 8.07. The number of hydrogen-bond acceptors (Lipinski definition) is 11. The van der Waals surface area contributed by atoms with Gasteiger partial charge in [0.15, 0.2) is 11.3 Å². The van der Waals surface area contributed by atoms with Crippen molar-refractivity contribution >= 4 is 54.2 Å². The number of fused-ring (bicyclic) bond motifs is 2. The van der Waals surface area contributed by atoms with E-state index in [0.717, 1.165) is 40.7 Å². The third-order valence-corrected chi connectivity index (χ3v) is 9.60. The number of nitrogens with two attached hydrogens (primary N) is 1. The number of aliphatic hydroxyl groups is 1. The molecule has 0 saturated carbocycles. The summed E-state index contributed by atoms with van der Waals surface area (Å²) in [6, 6.07) is 4.41. The Morgan fingerprint density at radius 1 is 1.18 bits per heavy atom. The molecule has 1 aliphatic heterocycles. The second-order valence-corrected chi connectivity index (χ2v) is 12.9. The summed E-state index contributed by atoms with van der Waals surface area (Å²) < 4.78 is 26.4. The Bertz CT molecular complexity index is 1500. The van der Waals surface area contributed by atoms with E-state index in [9.17, 15) is 13.5 Å². The summed E-state index contributed by atoms with van der Waals surface area (Å²) in [5.74, 6) is 1.34. The number of benzene rings is 1. The van der Waals surface area contributed by atoms with Gasteiger partial charge in [-0.05, 0) is 24.8 Å². The standard InChI is InChI=1S/C25H34N8O3S2/c1-2-3-8-32(9-10-34)24-22-20(29-25(26)30-24)15-33(31-22)14-18-5-4-17(23-21(18)28-16-37-23)13-27-19-6-11-38(35,36)12-7-19/h4-5,15-16,19,27,34H,2-3,6-14H2,1H3,(H2,26,29). The number of nitrogen functional groups attached to an aromatic ring is 1. The third kappa shape index (κ3) is 5.90. The summed E-state index contributed by atoms with van der Waals surface area (Å²) in [5.41, 5.74) is 12.3. The highest BCUT2D eigenvalue weighted by Gasteiger charge is 2.23. The maximum atomic E-state index is 11.7. The van der Waals surface area contributed by atoms with Gasteiger partial charge in [0, 0.05) is 31.2 Å². The molecule has 4 aromatic rings. The highest BCUT2D eigenvalue weighted by Crippen LogP contribution is 2.28. The number of sulfone groups is 1. The van der Waals surface area contributed by atoms with E-state index in [1.165, 1.54) is 0 Å². The van der Waals surface area contributed by atoms with Gasteiger partial charge < -0.3 is 21.1 Å². The topological polar surface area (TPSA) is 152 Å². The largest absolute Gasteiger partial charge is 0.395 e. The molecule has 1 saturated heterocycles. The van der Waals surface area contributed by atoms with E-state index >= 15 is 0 Å². The molecular formula is C25H34N8O3S2. The van der Waals surface area contributed by atoms with E-state index < -0.39 is 9.84 Å². The molecule has 0 radical (unpaired) electrons. The number of unbranched alkanes of at least 4 members (excludes halogenated alkanes) is 1. The first-order chi connectivity index (χ1) is 18.4. The predicted molar refractivity (Wildman–Crippen MR) is 151 cm³/mol. The second-order valence-electron chi connectivity index (χ2n) is 9.75. The lowest BCUT2D eigenvalue weighted by atomic mass is 10.1. The molecule has 1 fully saturated rings. The number of hydrogen-bond donors (Lipinski definition) is 3. The zero-order valence-corrected chi connectivity index (χ0v) is 23.1. The van der Waals surface area contributed by atoms with Crippen LogP contribution in [0.4, 0.5) is 11.8 Å². The van der Waals surface area contributed by atoms with Gasteiger partial charge in [-0.3, -0.25) is 4.68 Å². The second kappa shape index (κ2) is 11.5. The van der Waals surface area contributed by atoms with Crippen molar-refractivity contribution in [2.24, 2.45) is 0 Å². The lowest BCUT2D eigenvalue weighted by Crippen LogP contribution is -2.37. The summed E-state index contributed by atoms with van der Waals surface area (Å²) >= 11 is 1.61. The molecule has 11 nitrogen and oxygen atoms in total. The Labute approximate surface area is 226 Å². The van der Waals surface area contributed by atoms with E-state index in [4.69, 9.17) is 10.8 Å². The van der Waals surface area contributed by atoms with Crippen molar-refractivity contribution in [1.29, 1.82) is 0 Å². The Morgan fingerprint density at radius 2 is 1.97 bits per heavy atom. The average molecular weight is 559 g/mol. The molecule has 0 atom stereocenters. The van der Waals surface area contributed by atoms with Crippen LogP contribution < -0.4 is 16.0 Å². The van der Waals surface area contributed by atoms with Crippen molar-refractivity contribution in [2.75, 3.05) is 41.8 Å². The lowest BCUT2D eigenvalue weighted by Gasteiger charge is -2.23. The number of nitrogens with one attached hydrogen (secondary N) is 1. The first-order valence-corrected chi connectivity index (χ1v) is 15.7. The van der Waals surface area contributed by atoms with Crippen molar-refractivity contribution in [2.45, 2.75) is 51.7 Å². The number of aliphatic hydroxyl groups excluding tert-OH is 1. The van der Waals surface area contributed by atoms with Crippen LogP contribution in [-0.2, 0) is 22.9 Å². The van der Waals surface area contributed by atoms with E-state index in [1.807, 2.05) is 21.3 Å². The van der Waals surface area contributed by atoms with Crippen LogP contribution in [-0.4, -0.2) is 75.5 Å². The summed E-state index contributed by atoms with van der Waals surface area (Å²) in [5, 5.41) is 17.9. The van der Waals surface area contributed by atoms with Crippen LogP contribution >= 0.6 is 11.3 Å². The van der Waals surface area contributed by atoms with Crippen LogP contribution in [0.25, 0.3) is 21.3 Å². The van der Waals surface area contributed by atoms with E-state index in [-0.39, 0.29) is 30.1 Å². The van der Waals surface area contributed by atoms with Crippen LogP contribution in [0.15, 0.2) is 23.8 Å². The zero-order valence-electron chi connectivity index (χ0n) is 21.5. The van der Waals surface area contributed by atoms with Crippen molar-refractivity contribution < 1.29 is 13.5 Å². The van der Waals surface area contributed by atoms with Gasteiger partial charge in [-0.25, -0.2) is 18.4 Å². The van der Waals surface area contributed by atoms with Crippen LogP contribution in [0.1, 0.15) is 43.7 Å². The number of aromatic nitrogens is 5. The monoisotopic (exact) mass is 558 g/mol. The van der Waals surface area contributed by atoms with Gasteiger partial charge in [0.2, 0.25) is 5.95 Å². The SMILES string of the molecule is CCCCN(CCO)c1nc(N)nc2cn(Cc3ccc(CNC4CCS(=O)(=O)CC4)c4scnc34)nc12. The van der Waals surface area contributed by atoms with Crippen molar-refractivity contribution in [3.05, 3.63) is 35.0 Å². The number of nitrogens with zero attached hydrogens (tertiary/aromatic N) is 6. The lowest BCUT2D eigenvalue weighted by molar-refractivity contribution is 0.301. The Hall–Kier alpha value is -2.87. The summed E-state index contributed by atoms with van der Waals surface area (Å²) in [4.78, 5) is 15.5. The molecule has 1 aliphatic rings. The van der Waals surface area contributed by atoms with Crippen LogP contribution in [0.3, 0.4) is 0 Å². The molecule has 13 heteroatoms. The summed E-state index contributed by atoms with van der Waals surface area (Å²) in [6.45, 7) is 4.52. The van der Waals surface area contributed by atoms with Gasteiger partial charge in [-0.2, -0.15) is 10.1 Å². The molecule has 0 bridgehead atoms. The molecule has 0 amide bonds. The fraction of sp³-hybridized carbons (Fsp3) is 0.520. The molecule has 204 valence electrons. The quantitative estimate of drug-likeness (QED) is 0.250. The highest BCUT2D eigenvalue weighted by atomic mass is 32.2. The molecule has 4 N–H and O–H groups in total. The summed E-state index contributed by atoms with van der Waals surface area (Å²) in [7, 11) is -2.87. The summed E-state index contributed by atoms with van der Waals surface area (Å²) in [6.07, 6.45) is 5.18. The number of anilines is 2. The average Bonchev–Trinajstić information content (AvgIpc) is 3.54. The Morgan fingerprint density at radius 3 is 2.74 bits per heavy atom. The molecule has 4 heterocycles. The molecule has 0 aliphatic carbocycles. The van der Waals surface area contributed by atoms with Crippen LogP contribution in [0, 0.1) is 0 Å². The van der Waals surface area contributed by atoms with Gasteiger partial charge in [0.25, 0.3) is 0 Å². The van der Waals surface area contributed by atoms with Crippen molar-refractivity contribution in [3.8, 4) is 0 Å². The smallest absolute Gasteiger partial charge is 0.222 e. The minimum atomic E-state index is -2.87.